The van der Waals surface area contributed by atoms with Gasteiger partial charge in [-0.25, -0.2) is 8.78 Å². The molecule has 2 rings (SSSR count). The van der Waals surface area contributed by atoms with Gasteiger partial charge in [-0.3, -0.25) is 4.90 Å². The molecular formula is C13H24F2N2. The van der Waals surface area contributed by atoms with E-state index >= 15 is 0 Å². The molecule has 0 spiro atoms. The number of alkyl halides is 2. The van der Waals surface area contributed by atoms with E-state index in [1.165, 1.54) is 12.8 Å². The molecule has 1 heterocycles. The summed E-state index contributed by atoms with van der Waals surface area (Å²) in [5, 5.41) is 3.56. The third kappa shape index (κ3) is 3.38. The number of piperazine rings is 1. The van der Waals surface area contributed by atoms with Crippen molar-refractivity contribution < 1.29 is 8.78 Å². The number of hydrogen-bond acceptors (Lipinski definition) is 2. The lowest BCUT2D eigenvalue weighted by atomic mass is 9.93. The Morgan fingerprint density at radius 1 is 1.35 bits per heavy atom. The molecule has 1 N–H and O–H groups in total. The van der Waals surface area contributed by atoms with Gasteiger partial charge in [0.05, 0.1) is 6.54 Å². The molecule has 17 heavy (non-hydrogen) atoms. The molecule has 1 saturated heterocycles. The van der Waals surface area contributed by atoms with E-state index in [1.807, 2.05) is 4.90 Å². The third-order valence-electron chi connectivity index (χ3n) is 4.35. The van der Waals surface area contributed by atoms with E-state index in [0.29, 0.717) is 12.0 Å². The first-order valence-corrected chi connectivity index (χ1v) is 6.87. The van der Waals surface area contributed by atoms with Crippen molar-refractivity contribution in [2.45, 2.75) is 51.6 Å². The monoisotopic (exact) mass is 246 g/mol. The summed E-state index contributed by atoms with van der Waals surface area (Å²) >= 11 is 0. The van der Waals surface area contributed by atoms with Crippen molar-refractivity contribution in [1.82, 2.24) is 10.2 Å². The second-order valence-electron chi connectivity index (χ2n) is 5.65. The van der Waals surface area contributed by atoms with Crippen LogP contribution < -0.4 is 5.32 Å². The van der Waals surface area contributed by atoms with Crippen molar-refractivity contribution in [3.8, 4) is 0 Å². The highest BCUT2D eigenvalue weighted by molar-refractivity contribution is 4.95. The van der Waals surface area contributed by atoms with Gasteiger partial charge in [-0.2, -0.15) is 0 Å². The third-order valence-corrected chi connectivity index (χ3v) is 4.35. The molecule has 0 aromatic rings. The smallest absolute Gasteiger partial charge is 0.251 e. The number of nitrogens with zero attached hydrogens (tertiary/aromatic N) is 1. The molecule has 2 fully saturated rings. The number of nitrogens with one attached hydrogen (secondary N) is 1. The zero-order valence-electron chi connectivity index (χ0n) is 10.8. The first-order valence-electron chi connectivity index (χ1n) is 6.87. The van der Waals surface area contributed by atoms with E-state index in [9.17, 15) is 8.78 Å². The van der Waals surface area contributed by atoms with Gasteiger partial charge in [0.25, 0.3) is 6.43 Å². The van der Waals surface area contributed by atoms with Crippen LogP contribution in [0.4, 0.5) is 8.78 Å². The molecule has 100 valence electrons. The molecule has 0 radical (unpaired) electrons. The van der Waals surface area contributed by atoms with Gasteiger partial charge in [0, 0.05) is 25.2 Å². The number of halogens is 2. The van der Waals surface area contributed by atoms with E-state index < -0.39 is 6.43 Å². The Hall–Kier alpha value is -0.220. The van der Waals surface area contributed by atoms with Crippen molar-refractivity contribution in [2.75, 3.05) is 19.6 Å². The van der Waals surface area contributed by atoms with E-state index in [0.717, 1.165) is 25.4 Å². The van der Waals surface area contributed by atoms with Crippen LogP contribution in [0.25, 0.3) is 0 Å². The quantitative estimate of drug-likeness (QED) is 0.801. The highest BCUT2D eigenvalue weighted by atomic mass is 19.3. The Morgan fingerprint density at radius 3 is 2.59 bits per heavy atom. The van der Waals surface area contributed by atoms with E-state index in [1.54, 1.807) is 0 Å². The van der Waals surface area contributed by atoms with Gasteiger partial charge in [-0.1, -0.05) is 20.3 Å². The fraction of sp³-hybridized carbons (Fsp3) is 1.00. The molecule has 1 aliphatic carbocycles. The molecule has 3 unspecified atom stereocenters. The molecule has 4 heteroatoms. The highest BCUT2D eigenvalue weighted by Gasteiger charge is 2.38. The fourth-order valence-corrected chi connectivity index (χ4v) is 2.89. The van der Waals surface area contributed by atoms with Crippen molar-refractivity contribution in [3.05, 3.63) is 0 Å². The fourth-order valence-electron chi connectivity index (χ4n) is 2.89. The first kappa shape index (κ1) is 13.2. The molecule has 0 aromatic carbocycles. The normalized spacial score (nSPS) is 33.0. The molecule has 2 nitrogen and oxygen atoms in total. The molecule has 0 amide bonds. The Labute approximate surface area is 103 Å². The predicted octanol–water partition coefficient (Wildman–Crippen LogP) is 2.35. The minimum Gasteiger partial charge on any atom is -0.311 e. The van der Waals surface area contributed by atoms with Crippen molar-refractivity contribution in [1.29, 1.82) is 0 Å². The van der Waals surface area contributed by atoms with Crippen LogP contribution in [-0.2, 0) is 0 Å². The van der Waals surface area contributed by atoms with Crippen LogP contribution in [0.15, 0.2) is 0 Å². The van der Waals surface area contributed by atoms with Crippen LogP contribution in [0.5, 0.6) is 0 Å². The number of rotatable bonds is 5. The predicted molar refractivity (Wildman–Crippen MR) is 65.3 cm³/mol. The molecule has 3 atom stereocenters. The van der Waals surface area contributed by atoms with Crippen LogP contribution in [-0.4, -0.2) is 43.0 Å². The maximum atomic E-state index is 12.6. The van der Waals surface area contributed by atoms with Gasteiger partial charge < -0.3 is 5.32 Å². The molecule has 2 aliphatic rings. The highest BCUT2D eigenvalue weighted by Crippen LogP contribution is 2.35. The second kappa shape index (κ2) is 5.61. The van der Waals surface area contributed by atoms with E-state index in [-0.39, 0.29) is 12.6 Å². The number of hydrogen-bond donors (Lipinski definition) is 1. The van der Waals surface area contributed by atoms with Gasteiger partial charge in [-0.15, -0.1) is 0 Å². The lowest BCUT2D eigenvalue weighted by Gasteiger charge is -2.43. The van der Waals surface area contributed by atoms with Crippen LogP contribution in [0.1, 0.15) is 33.1 Å². The largest absolute Gasteiger partial charge is 0.311 e. The van der Waals surface area contributed by atoms with E-state index in [4.69, 9.17) is 0 Å². The SMILES string of the molecule is CCC(C)C1CNC(C2CC2)CN1CC(F)F. The van der Waals surface area contributed by atoms with Crippen LogP contribution >= 0.6 is 0 Å². The molecule has 1 saturated carbocycles. The van der Waals surface area contributed by atoms with Gasteiger partial charge in [0.1, 0.15) is 0 Å². The zero-order chi connectivity index (χ0) is 12.4. The molecule has 1 aliphatic heterocycles. The van der Waals surface area contributed by atoms with Crippen LogP contribution in [0.2, 0.25) is 0 Å². The Kier molecular flexibility index (Phi) is 4.36. The summed E-state index contributed by atoms with van der Waals surface area (Å²) in [6.07, 6.45) is 1.39. The summed E-state index contributed by atoms with van der Waals surface area (Å²) in [6, 6.07) is 0.734. The van der Waals surface area contributed by atoms with Gasteiger partial charge in [0.2, 0.25) is 0 Å². The lowest BCUT2D eigenvalue weighted by Crippen LogP contribution is -2.60. The maximum Gasteiger partial charge on any atom is 0.251 e. The van der Waals surface area contributed by atoms with Crippen LogP contribution in [0.3, 0.4) is 0 Å². The average molecular weight is 246 g/mol. The summed E-state index contributed by atoms with van der Waals surface area (Å²) in [5.41, 5.74) is 0. The molecule has 0 aromatic heterocycles. The Bertz CT molecular complexity index is 244. The van der Waals surface area contributed by atoms with Crippen molar-refractivity contribution in [3.63, 3.8) is 0 Å². The summed E-state index contributed by atoms with van der Waals surface area (Å²) in [6.45, 7) is 5.94. The maximum absolute atomic E-state index is 12.6. The molecule has 0 bridgehead atoms. The minimum absolute atomic E-state index is 0.0556. The Morgan fingerprint density at radius 2 is 2.06 bits per heavy atom. The summed E-state index contributed by atoms with van der Waals surface area (Å²) in [5.74, 6) is 1.23. The topological polar surface area (TPSA) is 15.3 Å². The summed E-state index contributed by atoms with van der Waals surface area (Å²) in [4.78, 5) is 2.03. The minimum atomic E-state index is -2.21. The Balaban J connectivity index is 1.95. The zero-order valence-corrected chi connectivity index (χ0v) is 10.8. The summed E-state index contributed by atoms with van der Waals surface area (Å²) < 4.78 is 25.3. The van der Waals surface area contributed by atoms with Gasteiger partial charge in [0.15, 0.2) is 0 Å². The van der Waals surface area contributed by atoms with Gasteiger partial charge >= 0.3 is 0 Å². The lowest BCUT2D eigenvalue weighted by molar-refractivity contribution is 0.0225. The van der Waals surface area contributed by atoms with Crippen molar-refractivity contribution >= 4 is 0 Å². The van der Waals surface area contributed by atoms with Crippen LogP contribution in [0, 0.1) is 11.8 Å². The average Bonchev–Trinajstić information content (AvgIpc) is 3.11. The van der Waals surface area contributed by atoms with Gasteiger partial charge in [-0.05, 0) is 24.7 Å². The van der Waals surface area contributed by atoms with E-state index in [2.05, 4.69) is 19.2 Å². The first-order chi connectivity index (χ1) is 8.11. The second-order valence-corrected chi connectivity index (χ2v) is 5.65. The summed E-state index contributed by atoms with van der Waals surface area (Å²) in [7, 11) is 0. The molecular weight excluding hydrogens is 222 g/mol. The van der Waals surface area contributed by atoms with Crippen molar-refractivity contribution in [2.24, 2.45) is 11.8 Å². The standard InChI is InChI=1S/C13H24F2N2/c1-3-9(2)12-6-16-11(10-4-5-10)7-17(12)8-13(14)15/h9-13,16H,3-8H2,1-2H3.